The minimum atomic E-state index is -1.21. The van der Waals surface area contributed by atoms with Crippen molar-refractivity contribution in [2.75, 3.05) is 6.54 Å². The molecular weight excluding hydrogens is 407 g/mol. The molecule has 18 heavy (non-hydrogen) atoms. The van der Waals surface area contributed by atoms with Crippen molar-refractivity contribution in [1.82, 2.24) is 0 Å². The summed E-state index contributed by atoms with van der Waals surface area (Å²) in [5.41, 5.74) is 2.53. The normalized spacial score (nSPS) is 13.8. The molecule has 1 heterocycles. The molecule has 0 saturated carbocycles. The summed E-state index contributed by atoms with van der Waals surface area (Å²) in [6.45, 7) is 0.867. The van der Waals surface area contributed by atoms with Gasteiger partial charge < -0.3 is 0 Å². The predicted octanol–water partition coefficient (Wildman–Crippen LogP) is 2.78. The second kappa shape index (κ2) is 5.62. The molecule has 0 aliphatic carbocycles. The van der Waals surface area contributed by atoms with Gasteiger partial charge in [0.05, 0.1) is 0 Å². The van der Waals surface area contributed by atoms with Crippen LogP contribution in [0.1, 0.15) is 5.56 Å². The van der Waals surface area contributed by atoms with Crippen LogP contribution in [0.15, 0.2) is 74.8 Å². The summed E-state index contributed by atoms with van der Waals surface area (Å²) in [5, 5.41) is 0. The van der Waals surface area contributed by atoms with Gasteiger partial charge in [-0.2, -0.15) is 0 Å². The second-order valence-corrected chi connectivity index (χ2v) is 12.0. The summed E-state index contributed by atoms with van der Waals surface area (Å²) in [7, 11) is 0. The third-order valence-corrected chi connectivity index (χ3v) is 10.5. The molecule has 2 aromatic carbocycles. The van der Waals surface area contributed by atoms with Crippen molar-refractivity contribution in [2.24, 2.45) is 4.99 Å². The van der Waals surface area contributed by atoms with Crippen LogP contribution in [0.2, 0.25) is 0 Å². The Hall–Kier alpha value is -1.21. The first-order chi connectivity index (χ1) is 8.93. The molecule has 84 valence electrons. The first-order valence-corrected chi connectivity index (χ1v) is 11.8. The third-order valence-electron chi connectivity index (χ3n) is 3.18. The molecule has 0 fully saturated rings. The van der Waals surface area contributed by atoms with Crippen LogP contribution in [0.3, 0.4) is 0 Å². The number of aliphatic imine (C=N–C) groups is 1. The maximum atomic E-state index is 4.66. The van der Waals surface area contributed by atoms with Crippen molar-refractivity contribution < 1.29 is 24.6 Å². The van der Waals surface area contributed by atoms with Crippen LogP contribution in [0.4, 0.5) is 0 Å². The number of benzene rings is 2. The number of nitrogens with zero attached hydrogens (tertiary/aromatic N) is 1. The number of allylic oxidation sites excluding steroid dienone is 1. The summed E-state index contributed by atoms with van der Waals surface area (Å²) in [6, 6.07) is 21.5. The maximum absolute atomic E-state index is 4.66. The molecule has 1 nitrogen and oxygen atoms in total. The van der Waals surface area contributed by atoms with Crippen molar-refractivity contribution in [1.29, 1.82) is 0 Å². The molecule has 0 amide bonds. The average molecular weight is 420 g/mol. The average Bonchev–Trinajstić information content (AvgIpc) is 2.89. The molecule has 0 bridgehead atoms. The molecule has 2 heteroatoms. The molecule has 0 spiro atoms. The minimum absolute atomic E-state index is 0.867. The molecule has 0 unspecified atom stereocenters. The Kier molecular flexibility index (Phi) is 3.70. The van der Waals surface area contributed by atoms with Gasteiger partial charge in [-0.1, -0.05) is 0 Å². The molecule has 2 aromatic rings. The molecule has 0 N–H and O–H groups in total. The van der Waals surface area contributed by atoms with Crippen molar-refractivity contribution in [2.45, 2.75) is 0 Å². The molecule has 1 aliphatic heterocycles. The van der Waals surface area contributed by atoms with Crippen molar-refractivity contribution in [3.63, 3.8) is 0 Å². The quantitative estimate of drug-likeness (QED) is 0.678. The Bertz CT molecular complexity index is 585. The van der Waals surface area contributed by atoms with Gasteiger partial charge in [0.15, 0.2) is 0 Å². The second-order valence-electron chi connectivity index (χ2n) is 4.45. The molecule has 0 radical (unpaired) electrons. The Labute approximate surface area is 120 Å². The number of hydrogen-bond donors (Lipinski definition) is 0. The molecule has 0 aromatic heterocycles. The molecule has 1 aliphatic rings. The molecular formula is C16H13HgN. The fourth-order valence-electron chi connectivity index (χ4n) is 2.29. The first-order valence-electron chi connectivity index (χ1n) is 6.27. The summed E-state index contributed by atoms with van der Waals surface area (Å²) in [4.78, 5) is 4.66. The van der Waals surface area contributed by atoms with Gasteiger partial charge in [0.2, 0.25) is 0 Å². The van der Waals surface area contributed by atoms with Crippen LogP contribution in [0.5, 0.6) is 0 Å². The van der Waals surface area contributed by atoms with Crippen LogP contribution >= 0.6 is 0 Å². The Balaban J connectivity index is 1.84. The van der Waals surface area contributed by atoms with E-state index in [0.717, 1.165) is 6.54 Å². The zero-order chi connectivity index (χ0) is 12.2. The van der Waals surface area contributed by atoms with Crippen LogP contribution in [-0.4, -0.2) is 12.3 Å². The summed E-state index contributed by atoms with van der Waals surface area (Å²) >= 11 is -1.21. The summed E-state index contributed by atoms with van der Waals surface area (Å²) < 4.78 is 3.13. The van der Waals surface area contributed by atoms with E-state index < -0.39 is 24.6 Å². The van der Waals surface area contributed by atoms with Gasteiger partial charge in [-0.3, -0.25) is 0 Å². The Morgan fingerprint density at radius 3 is 2.22 bits per heavy atom. The van der Waals surface area contributed by atoms with Gasteiger partial charge in [0.1, 0.15) is 0 Å². The van der Waals surface area contributed by atoms with Gasteiger partial charge in [0, 0.05) is 0 Å². The zero-order valence-corrected chi connectivity index (χ0v) is 15.7. The van der Waals surface area contributed by atoms with Crippen LogP contribution in [-0.2, 0) is 24.6 Å². The van der Waals surface area contributed by atoms with E-state index >= 15 is 0 Å². The number of hydrogen-bond acceptors (Lipinski definition) is 1. The molecule has 0 atom stereocenters. The van der Waals surface area contributed by atoms with E-state index in [9.17, 15) is 0 Å². The van der Waals surface area contributed by atoms with Crippen LogP contribution < -0.4 is 3.07 Å². The zero-order valence-electron chi connectivity index (χ0n) is 10.2. The fraction of sp³-hybridized carbons (Fsp3) is 0.0625. The van der Waals surface area contributed by atoms with E-state index in [-0.39, 0.29) is 0 Å². The SMILES string of the molecule is C1=[C]([Hg][c]2ccccc2)C(c2ccccc2)=NC1. The predicted molar refractivity (Wildman–Crippen MR) is 72.0 cm³/mol. The Morgan fingerprint density at radius 2 is 1.50 bits per heavy atom. The van der Waals surface area contributed by atoms with Crippen molar-refractivity contribution in [3.05, 3.63) is 75.4 Å². The van der Waals surface area contributed by atoms with Crippen LogP contribution in [0, 0.1) is 0 Å². The summed E-state index contributed by atoms with van der Waals surface area (Å²) in [5.74, 6) is 0. The van der Waals surface area contributed by atoms with Crippen molar-refractivity contribution >= 4 is 8.78 Å². The van der Waals surface area contributed by atoms with E-state index in [1.165, 1.54) is 11.3 Å². The van der Waals surface area contributed by atoms with E-state index in [0.29, 0.717) is 0 Å². The van der Waals surface area contributed by atoms with E-state index in [2.05, 4.69) is 71.7 Å². The van der Waals surface area contributed by atoms with Gasteiger partial charge in [-0.05, 0) is 0 Å². The third kappa shape index (κ3) is 2.61. The van der Waals surface area contributed by atoms with Gasteiger partial charge >= 0.3 is 120 Å². The topological polar surface area (TPSA) is 12.4 Å². The fourth-order valence-corrected chi connectivity index (χ4v) is 8.92. The van der Waals surface area contributed by atoms with Crippen LogP contribution in [0.25, 0.3) is 0 Å². The summed E-state index contributed by atoms with van der Waals surface area (Å²) in [6.07, 6.45) is 2.33. The Morgan fingerprint density at radius 1 is 0.833 bits per heavy atom. The van der Waals surface area contributed by atoms with Gasteiger partial charge in [0.25, 0.3) is 0 Å². The first kappa shape index (κ1) is 11.9. The van der Waals surface area contributed by atoms with Gasteiger partial charge in [-0.25, -0.2) is 0 Å². The van der Waals surface area contributed by atoms with E-state index in [4.69, 9.17) is 0 Å². The number of rotatable bonds is 3. The van der Waals surface area contributed by atoms with E-state index in [1.54, 1.807) is 6.15 Å². The monoisotopic (exact) mass is 421 g/mol. The van der Waals surface area contributed by atoms with E-state index in [1.807, 2.05) is 0 Å². The standard InChI is InChI=1S/C10H8N.C6H5.Hg/c1-2-5-9(6-3-1)10-7-4-8-11-10;1-2-4-6-5-3-1;/h1-6H,8H2;1-5H;. The molecule has 0 saturated heterocycles. The molecule has 3 rings (SSSR count). The van der Waals surface area contributed by atoms with Gasteiger partial charge in [-0.15, -0.1) is 0 Å². The van der Waals surface area contributed by atoms with Crippen molar-refractivity contribution in [3.8, 4) is 0 Å².